The van der Waals surface area contributed by atoms with E-state index in [0.29, 0.717) is 28.0 Å². The van der Waals surface area contributed by atoms with Crippen LogP contribution in [-0.2, 0) is 4.79 Å². The van der Waals surface area contributed by atoms with Gasteiger partial charge >= 0.3 is 0 Å². The number of hydrogen-bond donors (Lipinski definition) is 2. The third-order valence-electron chi connectivity index (χ3n) is 6.24. The van der Waals surface area contributed by atoms with E-state index in [2.05, 4.69) is 15.6 Å². The van der Waals surface area contributed by atoms with Crippen LogP contribution in [-0.4, -0.2) is 31.0 Å². The Morgan fingerprint density at radius 3 is 2.29 bits per heavy atom. The zero-order chi connectivity index (χ0) is 29.5. The van der Waals surface area contributed by atoms with Crippen molar-refractivity contribution >= 4 is 45.7 Å². The van der Waals surface area contributed by atoms with Gasteiger partial charge in [-0.3, -0.25) is 9.59 Å². The Labute approximate surface area is 250 Å². The van der Waals surface area contributed by atoms with Crippen molar-refractivity contribution in [3.05, 3.63) is 119 Å². The van der Waals surface area contributed by atoms with Gasteiger partial charge < -0.3 is 20.1 Å². The molecule has 1 heterocycles. The van der Waals surface area contributed by atoms with Gasteiger partial charge in [-0.05, 0) is 60.2 Å². The maximum absolute atomic E-state index is 14.0. The number of nitrogens with zero attached hydrogens (tertiary/aromatic N) is 1. The normalized spacial score (nSPS) is 11.4. The second-order valence-electron chi connectivity index (χ2n) is 8.96. The average Bonchev–Trinajstić information content (AvgIpc) is 3.49. The molecular formula is C32H26FN3O4S2. The van der Waals surface area contributed by atoms with E-state index in [4.69, 9.17) is 9.47 Å². The van der Waals surface area contributed by atoms with Gasteiger partial charge in [0.2, 0.25) is 5.91 Å². The Morgan fingerprint density at radius 2 is 1.57 bits per heavy atom. The van der Waals surface area contributed by atoms with Crippen molar-refractivity contribution in [1.29, 1.82) is 0 Å². The summed E-state index contributed by atoms with van der Waals surface area (Å²) in [5.74, 6) is -0.141. The fourth-order valence-electron chi connectivity index (χ4n) is 4.13. The van der Waals surface area contributed by atoms with Crippen LogP contribution in [0.1, 0.15) is 21.2 Å². The molecule has 0 aliphatic carbocycles. The van der Waals surface area contributed by atoms with Crippen molar-refractivity contribution in [2.24, 2.45) is 0 Å². The first-order valence-electron chi connectivity index (χ1n) is 12.8. The SMILES string of the molecule is COc1ccc(-c2csc(NC(=O)C(Sc3ccc(NC(=O)c4ccccc4F)cc3)c3ccccc3)n2)cc1OC. The molecule has 0 aliphatic heterocycles. The maximum atomic E-state index is 14.0. The smallest absolute Gasteiger partial charge is 0.258 e. The predicted octanol–water partition coefficient (Wildman–Crippen LogP) is 7.69. The highest BCUT2D eigenvalue weighted by atomic mass is 32.2. The highest BCUT2D eigenvalue weighted by Crippen LogP contribution is 2.38. The third kappa shape index (κ3) is 6.79. The molecular weight excluding hydrogens is 574 g/mol. The molecule has 212 valence electrons. The maximum Gasteiger partial charge on any atom is 0.258 e. The minimum atomic E-state index is -0.588. The van der Waals surface area contributed by atoms with Crippen LogP contribution in [0.5, 0.6) is 11.5 Å². The molecule has 0 fully saturated rings. The molecule has 42 heavy (non-hydrogen) atoms. The molecule has 2 amide bonds. The van der Waals surface area contributed by atoms with E-state index in [-0.39, 0.29) is 11.5 Å². The van der Waals surface area contributed by atoms with Gasteiger partial charge in [0.25, 0.3) is 5.91 Å². The van der Waals surface area contributed by atoms with E-state index in [1.54, 1.807) is 32.4 Å². The predicted molar refractivity (Wildman–Crippen MR) is 165 cm³/mol. The number of carbonyl (C=O) groups excluding carboxylic acids is 2. The minimum absolute atomic E-state index is 0.0340. The highest BCUT2D eigenvalue weighted by molar-refractivity contribution is 8.00. The number of ether oxygens (including phenoxy) is 2. The molecule has 0 bridgehead atoms. The largest absolute Gasteiger partial charge is 0.493 e. The average molecular weight is 600 g/mol. The number of aromatic nitrogens is 1. The van der Waals surface area contributed by atoms with Gasteiger partial charge in [-0.25, -0.2) is 9.37 Å². The lowest BCUT2D eigenvalue weighted by atomic mass is 10.1. The Morgan fingerprint density at radius 1 is 0.857 bits per heavy atom. The zero-order valence-electron chi connectivity index (χ0n) is 22.7. The summed E-state index contributed by atoms with van der Waals surface area (Å²) < 4.78 is 24.7. The number of anilines is 2. The van der Waals surface area contributed by atoms with Crippen molar-refractivity contribution in [1.82, 2.24) is 4.98 Å². The number of hydrogen-bond acceptors (Lipinski definition) is 7. The number of thioether (sulfide) groups is 1. The lowest BCUT2D eigenvalue weighted by Gasteiger charge is -2.16. The quantitative estimate of drug-likeness (QED) is 0.160. The van der Waals surface area contributed by atoms with Crippen LogP contribution in [0.2, 0.25) is 0 Å². The summed E-state index contributed by atoms with van der Waals surface area (Å²) >= 11 is 2.70. The Balaban J connectivity index is 1.30. The van der Waals surface area contributed by atoms with Gasteiger partial charge in [0, 0.05) is 21.5 Å². The summed E-state index contributed by atoms with van der Waals surface area (Å²) in [6, 6.07) is 27.9. The topological polar surface area (TPSA) is 89.6 Å². The van der Waals surface area contributed by atoms with Gasteiger partial charge in [0.05, 0.1) is 25.5 Å². The molecule has 0 saturated carbocycles. The molecule has 5 aromatic rings. The van der Waals surface area contributed by atoms with Gasteiger partial charge in [-0.1, -0.05) is 42.5 Å². The minimum Gasteiger partial charge on any atom is -0.493 e. The van der Waals surface area contributed by atoms with E-state index in [1.807, 2.05) is 66.0 Å². The lowest BCUT2D eigenvalue weighted by Crippen LogP contribution is -2.19. The standard InChI is InChI=1S/C32H26FN3O4S2/c1-39-27-17-12-21(18-28(27)40-2)26-19-41-32(35-26)36-31(38)29(20-8-4-3-5-9-20)42-23-15-13-22(14-16-23)34-30(37)24-10-6-7-11-25(24)33/h3-19,29H,1-2H3,(H,34,37)(H,35,36,38). The summed E-state index contributed by atoms with van der Waals surface area (Å²) in [6.45, 7) is 0. The monoisotopic (exact) mass is 599 g/mol. The van der Waals surface area contributed by atoms with Crippen molar-refractivity contribution < 1.29 is 23.5 Å². The number of amides is 2. The number of halogens is 1. The fraction of sp³-hybridized carbons (Fsp3) is 0.0938. The van der Waals surface area contributed by atoms with Crippen LogP contribution in [0.4, 0.5) is 15.2 Å². The van der Waals surface area contributed by atoms with Gasteiger partial charge in [-0.15, -0.1) is 23.1 Å². The van der Waals surface area contributed by atoms with Crippen LogP contribution in [0.15, 0.2) is 107 Å². The molecule has 0 saturated heterocycles. The van der Waals surface area contributed by atoms with E-state index in [1.165, 1.54) is 41.3 Å². The van der Waals surface area contributed by atoms with E-state index in [9.17, 15) is 14.0 Å². The van der Waals surface area contributed by atoms with Crippen molar-refractivity contribution in [3.63, 3.8) is 0 Å². The first kappa shape index (κ1) is 28.8. The molecule has 0 radical (unpaired) electrons. The number of rotatable bonds is 10. The molecule has 2 N–H and O–H groups in total. The van der Waals surface area contributed by atoms with Crippen LogP contribution in [0.3, 0.4) is 0 Å². The van der Waals surface area contributed by atoms with Crippen LogP contribution in [0.25, 0.3) is 11.3 Å². The number of thiazole rings is 1. The highest BCUT2D eigenvalue weighted by Gasteiger charge is 2.23. The summed E-state index contributed by atoms with van der Waals surface area (Å²) in [6.07, 6.45) is 0. The number of benzene rings is 4. The molecule has 10 heteroatoms. The van der Waals surface area contributed by atoms with Crippen LogP contribution in [0, 0.1) is 5.82 Å². The molecule has 1 unspecified atom stereocenters. The molecule has 4 aromatic carbocycles. The van der Waals surface area contributed by atoms with E-state index in [0.717, 1.165) is 16.0 Å². The Bertz CT molecular complexity index is 1690. The molecule has 1 atom stereocenters. The van der Waals surface area contributed by atoms with Crippen LogP contribution < -0.4 is 20.1 Å². The molecule has 7 nitrogen and oxygen atoms in total. The second kappa shape index (κ2) is 13.3. The van der Waals surface area contributed by atoms with Crippen molar-refractivity contribution in [2.75, 3.05) is 24.9 Å². The number of nitrogens with one attached hydrogen (secondary N) is 2. The van der Waals surface area contributed by atoms with Crippen molar-refractivity contribution in [2.45, 2.75) is 10.1 Å². The van der Waals surface area contributed by atoms with Crippen molar-refractivity contribution in [3.8, 4) is 22.8 Å². The number of carbonyl (C=O) groups is 2. The molecule has 1 aromatic heterocycles. The van der Waals surface area contributed by atoms with Gasteiger partial charge in [0.15, 0.2) is 16.6 Å². The summed E-state index contributed by atoms with van der Waals surface area (Å²) in [7, 11) is 3.15. The first-order valence-corrected chi connectivity index (χ1v) is 14.6. The summed E-state index contributed by atoms with van der Waals surface area (Å²) in [4.78, 5) is 31.5. The second-order valence-corrected chi connectivity index (χ2v) is 11.0. The third-order valence-corrected chi connectivity index (χ3v) is 8.26. The molecule has 5 rings (SSSR count). The Kier molecular flexibility index (Phi) is 9.15. The van der Waals surface area contributed by atoms with Gasteiger partial charge in [0.1, 0.15) is 11.1 Å². The zero-order valence-corrected chi connectivity index (χ0v) is 24.3. The Hall–Kier alpha value is -4.67. The molecule has 0 spiro atoms. The van der Waals surface area contributed by atoms with Gasteiger partial charge in [-0.2, -0.15) is 0 Å². The summed E-state index contributed by atoms with van der Waals surface area (Å²) in [5.41, 5.74) is 2.84. The lowest BCUT2D eigenvalue weighted by molar-refractivity contribution is -0.115. The number of methoxy groups -OCH3 is 2. The fourth-order valence-corrected chi connectivity index (χ4v) is 5.87. The van der Waals surface area contributed by atoms with E-state index >= 15 is 0 Å². The first-order chi connectivity index (χ1) is 20.4. The van der Waals surface area contributed by atoms with Crippen LogP contribution >= 0.6 is 23.1 Å². The summed E-state index contributed by atoms with van der Waals surface area (Å²) in [5, 5.41) is 7.44. The van der Waals surface area contributed by atoms with E-state index < -0.39 is 17.0 Å². The molecule has 0 aliphatic rings.